The van der Waals surface area contributed by atoms with E-state index in [0.29, 0.717) is 12.0 Å². The largest absolute Gasteiger partial charge is 0.299 e. The predicted octanol–water partition coefficient (Wildman–Crippen LogP) is 2.42. The summed E-state index contributed by atoms with van der Waals surface area (Å²) in [7, 11) is 0. The minimum atomic E-state index is -0.447. The molecule has 0 unspecified atom stereocenters. The molecule has 0 saturated carbocycles. The topological polar surface area (TPSA) is 60.2 Å². The van der Waals surface area contributed by atoms with Crippen molar-refractivity contribution in [3.05, 3.63) is 39.4 Å². The number of rotatable bonds is 4. The Morgan fingerprint density at radius 1 is 1.47 bits per heavy atom. The molecular formula is C11H13NO3. The molecule has 1 rings (SSSR count). The van der Waals surface area contributed by atoms with Gasteiger partial charge in [0.1, 0.15) is 5.78 Å². The van der Waals surface area contributed by atoms with E-state index in [0.717, 1.165) is 5.56 Å². The van der Waals surface area contributed by atoms with Crippen LogP contribution in [0.1, 0.15) is 24.5 Å². The SMILES string of the molecule is CCC(=O)Cc1cc(C)ccc1[N+](=O)[O-]. The first-order valence-corrected chi connectivity index (χ1v) is 4.80. The molecule has 0 spiro atoms. The van der Waals surface area contributed by atoms with Gasteiger partial charge in [0.05, 0.1) is 4.92 Å². The maximum atomic E-state index is 11.2. The monoisotopic (exact) mass is 207 g/mol. The number of ketones is 1. The fraction of sp³-hybridized carbons (Fsp3) is 0.364. The van der Waals surface area contributed by atoms with Crippen LogP contribution in [0, 0.1) is 17.0 Å². The minimum absolute atomic E-state index is 0.0173. The van der Waals surface area contributed by atoms with Gasteiger partial charge in [-0.3, -0.25) is 14.9 Å². The van der Waals surface area contributed by atoms with Crippen LogP contribution >= 0.6 is 0 Å². The molecule has 15 heavy (non-hydrogen) atoms. The maximum absolute atomic E-state index is 11.2. The Balaban J connectivity index is 3.07. The van der Waals surface area contributed by atoms with Crippen LogP contribution in [0.15, 0.2) is 18.2 Å². The number of benzene rings is 1. The number of aryl methyl sites for hydroxylation is 1. The van der Waals surface area contributed by atoms with Crippen molar-refractivity contribution in [1.29, 1.82) is 0 Å². The molecule has 0 radical (unpaired) electrons. The van der Waals surface area contributed by atoms with Gasteiger partial charge in [0, 0.05) is 24.5 Å². The molecular weight excluding hydrogens is 194 g/mol. The zero-order chi connectivity index (χ0) is 11.4. The van der Waals surface area contributed by atoms with Gasteiger partial charge in [0.15, 0.2) is 0 Å². The third-order valence-electron chi connectivity index (χ3n) is 2.21. The van der Waals surface area contributed by atoms with E-state index < -0.39 is 4.92 Å². The van der Waals surface area contributed by atoms with E-state index in [1.165, 1.54) is 6.07 Å². The predicted molar refractivity (Wildman–Crippen MR) is 56.8 cm³/mol. The highest BCUT2D eigenvalue weighted by atomic mass is 16.6. The van der Waals surface area contributed by atoms with E-state index in [-0.39, 0.29) is 17.9 Å². The standard InChI is InChI=1S/C11H13NO3/c1-3-10(13)7-9-6-8(2)4-5-11(9)12(14)15/h4-6H,3,7H2,1-2H3. The summed E-state index contributed by atoms with van der Waals surface area (Å²) in [5.41, 5.74) is 1.47. The molecule has 0 aliphatic heterocycles. The Kier molecular flexibility index (Phi) is 3.55. The van der Waals surface area contributed by atoms with Gasteiger partial charge in [-0.05, 0) is 13.0 Å². The normalized spacial score (nSPS) is 10.0. The summed E-state index contributed by atoms with van der Waals surface area (Å²) in [6.45, 7) is 3.60. The highest BCUT2D eigenvalue weighted by Crippen LogP contribution is 2.20. The van der Waals surface area contributed by atoms with Gasteiger partial charge in [0.2, 0.25) is 0 Å². The first kappa shape index (κ1) is 11.4. The fourth-order valence-corrected chi connectivity index (χ4v) is 1.37. The van der Waals surface area contributed by atoms with E-state index in [1.807, 2.05) is 6.92 Å². The first-order valence-electron chi connectivity index (χ1n) is 4.80. The smallest absolute Gasteiger partial charge is 0.273 e. The summed E-state index contributed by atoms with van der Waals surface area (Å²) in [5, 5.41) is 10.7. The number of hydrogen-bond acceptors (Lipinski definition) is 3. The number of carbonyl (C=O) groups is 1. The van der Waals surface area contributed by atoms with Crippen molar-refractivity contribution in [1.82, 2.24) is 0 Å². The van der Waals surface area contributed by atoms with Crippen molar-refractivity contribution >= 4 is 11.5 Å². The zero-order valence-corrected chi connectivity index (χ0v) is 8.82. The summed E-state index contributed by atoms with van der Waals surface area (Å²) >= 11 is 0. The van der Waals surface area contributed by atoms with Gasteiger partial charge in [-0.2, -0.15) is 0 Å². The van der Waals surface area contributed by atoms with Gasteiger partial charge in [0.25, 0.3) is 5.69 Å². The number of Topliss-reactive ketones (excluding diaryl/α,β-unsaturated/α-hetero) is 1. The lowest BCUT2D eigenvalue weighted by molar-refractivity contribution is -0.385. The van der Waals surface area contributed by atoms with Crippen LogP contribution in [-0.2, 0) is 11.2 Å². The van der Waals surface area contributed by atoms with Crippen molar-refractivity contribution in [2.75, 3.05) is 0 Å². The summed E-state index contributed by atoms with van der Waals surface area (Å²) in [5.74, 6) is 0.0173. The highest BCUT2D eigenvalue weighted by Gasteiger charge is 2.15. The van der Waals surface area contributed by atoms with Gasteiger partial charge in [-0.15, -0.1) is 0 Å². The second-order valence-corrected chi connectivity index (χ2v) is 3.46. The van der Waals surface area contributed by atoms with Gasteiger partial charge in [-0.25, -0.2) is 0 Å². The van der Waals surface area contributed by atoms with E-state index in [4.69, 9.17) is 0 Å². The van der Waals surface area contributed by atoms with Crippen molar-refractivity contribution in [3.8, 4) is 0 Å². The van der Waals surface area contributed by atoms with Crippen LogP contribution in [0.5, 0.6) is 0 Å². The number of carbonyl (C=O) groups excluding carboxylic acids is 1. The van der Waals surface area contributed by atoms with Gasteiger partial charge < -0.3 is 0 Å². The number of hydrogen-bond donors (Lipinski definition) is 0. The molecule has 0 fully saturated rings. The summed E-state index contributed by atoms with van der Waals surface area (Å²) < 4.78 is 0. The van der Waals surface area contributed by atoms with E-state index in [9.17, 15) is 14.9 Å². The third kappa shape index (κ3) is 2.87. The van der Waals surface area contributed by atoms with Gasteiger partial charge in [-0.1, -0.05) is 18.6 Å². The first-order chi connectivity index (χ1) is 7.04. The molecule has 0 amide bonds. The Morgan fingerprint density at radius 3 is 2.67 bits per heavy atom. The molecule has 0 atom stereocenters. The van der Waals surface area contributed by atoms with Crippen molar-refractivity contribution in [2.45, 2.75) is 26.7 Å². The molecule has 0 aliphatic rings. The molecule has 1 aromatic rings. The number of nitro groups is 1. The molecule has 80 valence electrons. The lowest BCUT2D eigenvalue weighted by atomic mass is 10.0. The number of nitrogens with zero attached hydrogens (tertiary/aromatic N) is 1. The fourth-order valence-electron chi connectivity index (χ4n) is 1.37. The Morgan fingerprint density at radius 2 is 2.13 bits per heavy atom. The Labute approximate surface area is 88.1 Å². The van der Waals surface area contributed by atoms with Gasteiger partial charge >= 0.3 is 0 Å². The summed E-state index contributed by atoms with van der Waals surface area (Å²) in [4.78, 5) is 21.5. The minimum Gasteiger partial charge on any atom is -0.299 e. The van der Waals surface area contributed by atoms with E-state index >= 15 is 0 Å². The lowest BCUT2D eigenvalue weighted by Gasteiger charge is -2.02. The van der Waals surface area contributed by atoms with Crippen LogP contribution in [0.3, 0.4) is 0 Å². The maximum Gasteiger partial charge on any atom is 0.273 e. The lowest BCUT2D eigenvalue weighted by Crippen LogP contribution is -2.04. The van der Waals surface area contributed by atoms with Crippen LogP contribution < -0.4 is 0 Å². The van der Waals surface area contributed by atoms with Crippen LogP contribution in [-0.4, -0.2) is 10.7 Å². The van der Waals surface area contributed by atoms with Crippen molar-refractivity contribution < 1.29 is 9.72 Å². The molecule has 4 heteroatoms. The molecule has 0 N–H and O–H groups in total. The second-order valence-electron chi connectivity index (χ2n) is 3.46. The van der Waals surface area contributed by atoms with Crippen LogP contribution in [0.25, 0.3) is 0 Å². The quantitative estimate of drug-likeness (QED) is 0.562. The average molecular weight is 207 g/mol. The van der Waals surface area contributed by atoms with E-state index in [1.54, 1.807) is 19.1 Å². The molecule has 0 aliphatic carbocycles. The molecule has 4 nitrogen and oxygen atoms in total. The molecule has 0 saturated heterocycles. The van der Waals surface area contributed by atoms with E-state index in [2.05, 4.69) is 0 Å². The van der Waals surface area contributed by atoms with Crippen molar-refractivity contribution in [3.63, 3.8) is 0 Å². The third-order valence-corrected chi connectivity index (χ3v) is 2.21. The summed E-state index contributed by atoms with van der Waals surface area (Å²) in [6.07, 6.45) is 0.555. The zero-order valence-electron chi connectivity index (χ0n) is 8.82. The van der Waals surface area contributed by atoms with Crippen molar-refractivity contribution in [2.24, 2.45) is 0 Å². The van der Waals surface area contributed by atoms with Crippen LogP contribution in [0.2, 0.25) is 0 Å². The Bertz CT molecular complexity index is 399. The molecule has 0 heterocycles. The number of nitro benzene ring substituents is 1. The summed E-state index contributed by atoms with van der Waals surface area (Å²) in [6, 6.07) is 4.83. The molecule has 0 bridgehead atoms. The van der Waals surface area contributed by atoms with Crippen LogP contribution in [0.4, 0.5) is 5.69 Å². The average Bonchev–Trinajstić information content (AvgIpc) is 2.17. The second kappa shape index (κ2) is 4.68. The molecule has 0 aromatic heterocycles. The molecule has 1 aromatic carbocycles. The Hall–Kier alpha value is -1.71. The highest BCUT2D eigenvalue weighted by molar-refractivity contribution is 5.81.